The van der Waals surface area contributed by atoms with E-state index in [1.165, 1.54) is 6.08 Å². The van der Waals surface area contributed by atoms with Gasteiger partial charge in [-0.15, -0.1) is 0 Å². The fourth-order valence-electron chi connectivity index (χ4n) is 1.86. The molecule has 0 spiro atoms. The summed E-state index contributed by atoms with van der Waals surface area (Å²) < 4.78 is 1.81. The van der Waals surface area contributed by atoms with Crippen molar-refractivity contribution in [2.45, 2.75) is 19.9 Å². The van der Waals surface area contributed by atoms with Crippen LogP contribution in [0.2, 0.25) is 5.15 Å². The summed E-state index contributed by atoms with van der Waals surface area (Å²) in [6.45, 7) is 3.76. The van der Waals surface area contributed by atoms with Gasteiger partial charge in [0.05, 0.1) is 5.69 Å². The molecule has 0 aromatic carbocycles. The molecule has 0 saturated carbocycles. The highest BCUT2D eigenvalue weighted by Gasteiger charge is 2.13. The Morgan fingerprint density at radius 2 is 2.29 bits per heavy atom. The van der Waals surface area contributed by atoms with E-state index in [9.17, 15) is 4.79 Å². The number of carbonyl (C=O) groups is 1. The molecular weight excluding hydrogens is 290 g/mol. The standard InChI is InChI=1S/C15H18ClN3O2/c1-10(9-20)11(2)17-14(21)7-6-12-15(16)18-13-5-3-4-8-19(12)13/h3-8,10-11,20H,9H2,1-2H3,(H,17,21)/b7-6+. The van der Waals surface area contributed by atoms with Gasteiger partial charge in [0.15, 0.2) is 5.15 Å². The lowest BCUT2D eigenvalue weighted by atomic mass is 10.1. The number of rotatable bonds is 5. The zero-order valence-corrected chi connectivity index (χ0v) is 12.7. The first kappa shape index (κ1) is 15.5. The first-order valence-corrected chi connectivity index (χ1v) is 7.12. The maximum Gasteiger partial charge on any atom is 0.244 e. The predicted molar refractivity (Wildman–Crippen MR) is 83.1 cm³/mol. The van der Waals surface area contributed by atoms with Gasteiger partial charge in [-0.3, -0.25) is 9.20 Å². The van der Waals surface area contributed by atoms with Crippen molar-refractivity contribution in [3.05, 3.63) is 41.3 Å². The van der Waals surface area contributed by atoms with Crippen LogP contribution in [0.25, 0.3) is 11.7 Å². The minimum atomic E-state index is -0.232. The van der Waals surface area contributed by atoms with Gasteiger partial charge in [0.1, 0.15) is 5.65 Å². The fourth-order valence-corrected chi connectivity index (χ4v) is 2.10. The third-order valence-electron chi connectivity index (χ3n) is 3.43. The van der Waals surface area contributed by atoms with Crippen molar-refractivity contribution < 1.29 is 9.90 Å². The number of carbonyl (C=O) groups excluding carboxylic acids is 1. The van der Waals surface area contributed by atoms with Crippen molar-refractivity contribution in [3.63, 3.8) is 0 Å². The maximum atomic E-state index is 11.9. The van der Waals surface area contributed by atoms with E-state index in [0.717, 1.165) is 5.65 Å². The molecular formula is C15H18ClN3O2. The summed E-state index contributed by atoms with van der Waals surface area (Å²) in [5.74, 6) is -0.230. The van der Waals surface area contributed by atoms with E-state index in [0.29, 0.717) is 10.8 Å². The molecule has 2 aromatic rings. The number of amides is 1. The SMILES string of the molecule is CC(CO)C(C)NC(=O)/C=C/c1c(Cl)nc2ccccn12. The smallest absolute Gasteiger partial charge is 0.244 e. The lowest BCUT2D eigenvalue weighted by Gasteiger charge is -2.17. The maximum absolute atomic E-state index is 11.9. The van der Waals surface area contributed by atoms with E-state index in [1.54, 1.807) is 6.08 Å². The van der Waals surface area contributed by atoms with Crippen LogP contribution in [-0.2, 0) is 4.79 Å². The van der Waals surface area contributed by atoms with Gasteiger partial charge in [0.2, 0.25) is 5.91 Å². The van der Waals surface area contributed by atoms with Gasteiger partial charge in [-0.2, -0.15) is 0 Å². The lowest BCUT2D eigenvalue weighted by molar-refractivity contribution is -0.117. The van der Waals surface area contributed by atoms with Crippen LogP contribution in [0.1, 0.15) is 19.5 Å². The second-order valence-electron chi connectivity index (χ2n) is 5.01. The molecule has 0 aliphatic rings. The molecule has 21 heavy (non-hydrogen) atoms. The molecule has 5 nitrogen and oxygen atoms in total. The van der Waals surface area contributed by atoms with Gasteiger partial charge in [-0.1, -0.05) is 24.6 Å². The van der Waals surface area contributed by atoms with Crippen LogP contribution in [0.15, 0.2) is 30.5 Å². The van der Waals surface area contributed by atoms with E-state index in [2.05, 4.69) is 10.3 Å². The number of halogens is 1. The number of pyridine rings is 1. The fraction of sp³-hybridized carbons (Fsp3) is 0.333. The minimum Gasteiger partial charge on any atom is -0.396 e. The summed E-state index contributed by atoms with van der Waals surface area (Å²) in [4.78, 5) is 16.1. The number of hydrogen-bond donors (Lipinski definition) is 2. The number of fused-ring (bicyclic) bond motifs is 1. The molecule has 0 aliphatic carbocycles. The monoisotopic (exact) mass is 307 g/mol. The second-order valence-corrected chi connectivity index (χ2v) is 5.37. The molecule has 2 aromatic heterocycles. The van der Waals surface area contributed by atoms with Gasteiger partial charge in [0.25, 0.3) is 0 Å². The van der Waals surface area contributed by atoms with E-state index >= 15 is 0 Å². The van der Waals surface area contributed by atoms with Crippen LogP contribution >= 0.6 is 11.6 Å². The second kappa shape index (κ2) is 6.74. The van der Waals surface area contributed by atoms with Crippen molar-refractivity contribution in [2.75, 3.05) is 6.61 Å². The van der Waals surface area contributed by atoms with Crippen LogP contribution < -0.4 is 5.32 Å². The van der Waals surface area contributed by atoms with Crippen molar-refractivity contribution in [1.82, 2.24) is 14.7 Å². The molecule has 1 amide bonds. The minimum absolute atomic E-state index is 0.00161. The largest absolute Gasteiger partial charge is 0.396 e. The molecule has 2 rings (SSSR count). The summed E-state index contributed by atoms with van der Waals surface area (Å²) in [5, 5.41) is 12.2. The molecule has 2 N–H and O–H groups in total. The molecule has 112 valence electrons. The van der Waals surface area contributed by atoms with Gasteiger partial charge in [-0.05, 0) is 31.1 Å². The molecule has 6 heteroatoms. The Kier molecular flexibility index (Phi) is 4.98. The normalized spacial score (nSPS) is 14.5. The Hall–Kier alpha value is -1.85. The predicted octanol–water partition coefficient (Wildman–Crippen LogP) is 2.13. The Labute approximate surface area is 128 Å². The van der Waals surface area contributed by atoms with Gasteiger partial charge in [0, 0.05) is 24.9 Å². The average Bonchev–Trinajstić information content (AvgIpc) is 2.79. The zero-order chi connectivity index (χ0) is 15.4. The number of nitrogens with one attached hydrogen (secondary N) is 1. The highest BCUT2D eigenvalue weighted by atomic mass is 35.5. The summed E-state index contributed by atoms with van der Waals surface area (Å²) >= 11 is 6.08. The molecule has 0 fully saturated rings. The lowest BCUT2D eigenvalue weighted by Crippen LogP contribution is -2.37. The highest BCUT2D eigenvalue weighted by molar-refractivity contribution is 6.31. The Morgan fingerprint density at radius 1 is 1.52 bits per heavy atom. The van der Waals surface area contributed by atoms with Crippen LogP contribution in [0.4, 0.5) is 0 Å². The number of aliphatic hydroxyl groups excluding tert-OH is 1. The summed E-state index contributed by atoms with van der Waals surface area (Å²) in [7, 11) is 0. The van der Waals surface area contributed by atoms with Crippen LogP contribution in [-0.4, -0.2) is 33.0 Å². The number of hydrogen-bond acceptors (Lipinski definition) is 3. The molecule has 2 atom stereocenters. The molecule has 0 bridgehead atoms. The first-order chi connectivity index (χ1) is 10.0. The summed E-state index contributed by atoms with van der Waals surface area (Å²) in [5.41, 5.74) is 1.38. The van der Waals surface area contributed by atoms with E-state index in [-0.39, 0.29) is 24.5 Å². The topological polar surface area (TPSA) is 66.6 Å². The van der Waals surface area contributed by atoms with E-state index < -0.39 is 0 Å². The number of nitrogens with zero attached hydrogens (tertiary/aromatic N) is 2. The molecule has 0 saturated heterocycles. The van der Waals surface area contributed by atoms with Crippen molar-refractivity contribution in [1.29, 1.82) is 0 Å². The molecule has 0 aliphatic heterocycles. The number of imidazole rings is 1. The van der Waals surface area contributed by atoms with Crippen LogP contribution in [0, 0.1) is 5.92 Å². The quantitative estimate of drug-likeness (QED) is 0.832. The number of aliphatic hydroxyl groups is 1. The molecule has 2 unspecified atom stereocenters. The Morgan fingerprint density at radius 3 is 3.00 bits per heavy atom. The van der Waals surface area contributed by atoms with Crippen molar-refractivity contribution in [2.24, 2.45) is 5.92 Å². The van der Waals surface area contributed by atoms with Gasteiger partial charge in [-0.25, -0.2) is 4.98 Å². The van der Waals surface area contributed by atoms with E-state index in [1.807, 2.05) is 42.6 Å². The Balaban J connectivity index is 2.13. The third-order valence-corrected chi connectivity index (χ3v) is 3.70. The highest BCUT2D eigenvalue weighted by Crippen LogP contribution is 2.18. The van der Waals surface area contributed by atoms with Gasteiger partial charge >= 0.3 is 0 Å². The van der Waals surface area contributed by atoms with Crippen molar-refractivity contribution in [3.8, 4) is 0 Å². The first-order valence-electron chi connectivity index (χ1n) is 6.75. The zero-order valence-electron chi connectivity index (χ0n) is 12.0. The number of aromatic nitrogens is 2. The van der Waals surface area contributed by atoms with Crippen LogP contribution in [0.3, 0.4) is 0 Å². The van der Waals surface area contributed by atoms with Gasteiger partial charge < -0.3 is 10.4 Å². The third kappa shape index (κ3) is 3.62. The van der Waals surface area contributed by atoms with E-state index in [4.69, 9.17) is 16.7 Å². The van der Waals surface area contributed by atoms with Crippen molar-refractivity contribution >= 4 is 29.2 Å². The molecule has 2 heterocycles. The molecule has 0 radical (unpaired) electrons. The average molecular weight is 308 g/mol. The summed E-state index contributed by atoms with van der Waals surface area (Å²) in [6.07, 6.45) is 4.89. The van der Waals surface area contributed by atoms with Crippen LogP contribution in [0.5, 0.6) is 0 Å². The summed E-state index contributed by atoms with van der Waals surface area (Å²) in [6, 6.07) is 5.48. The Bertz CT molecular complexity index is 666.